The molecule has 0 saturated carbocycles. The van der Waals surface area contributed by atoms with Gasteiger partial charge in [-0.05, 0) is 55.8 Å². The summed E-state index contributed by atoms with van der Waals surface area (Å²) in [5, 5.41) is 0. The van der Waals surface area contributed by atoms with Crippen molar-refractivity contribution < 1.29 is 19.1 Å². The van der Waals surface area contributed by atoms with Gasteiger partial charge in [-0.15, -0.1) is 11.3 Å². The van der Waals surface area contributed by atoms with E-state index in [1.54, 1.807) is 27.7 Å². The minimum Gasteiger partial charge on any atom is -0.462 e. The van der Waals surface area contributed by atoms with E-state index < -0.39 is 17.9 Å². The fourth-order valence-electron chi connectivity index (χ4n) is 1.55. The van der Waals surface area contributed by atoms with Gasteiger partial charge in [-0.1, -0.05) is 0 Å². The van der Waals surface area contributed by atoms with Crippen molar-refractivity contribution in [2.75, 3.05) is 0 Å². The molecule has 0 saturated heterocycles. The molecule has 0 bridgehead atoms. The molecule has 112 valence electrons. The van der Waals surface area contributed by atoms with E-state index in [2.05, 4.69) is 15.9 Å². The summed E-state index contributed by atoms with van der Waals surface area (Å²) in [6.07, 6.45) is -0.216. The van der Waals surface area contributed by atoms with Gasteiger partial charge in [-0.2, -0.15) is 0 Å². The maximum Gasteiger partial charge on any atom is 0.320 e. The second kappa shape index (κ2) is 7.78. The first-order valence-electron chi connectivity index (χ1n) is 6.44. The highest BCUT2D eigenvalue weighted by molar-refractivity contribution is 9.11. The number of hydrogen-bond donors (Lipinski definition) is 0. The monoisotopic (exact) mass is 362 g/mol. The Bertz CT molecular complexity index is 445. The maximum atomic E-state index is 12.1. The van der Waals surface area contributed by atoms with Crippen LogP contribution in [-0.4, -0.2) is 24.1 Å². The molecule has 1 aromatic rings. The highest BCUT2D eigenvalue weighted by atomic mass is 79.9. The number of carbonyl (C=O) groups excluding carboxylic acids is 2. The summed E-state index contributed by atoms with van der Waals surface area (Å²) in [5.41, 5.74) is 0. The molecule has 0 radical (unpaired) electrons. The molecule has 1 heterocycles. The van der Waals surface area contributed by atoms with Gasteiger partial charge < -0.3 is 9.47 Å². The molecular formula is C14H19BrO4S. The molecule has 20 heavy (non-hydrogen) atoms. The van der Waals surface area contributed by atoms with E-state index in [0.29, 0.717) is 6.42 Å². The zero-order valence-corrected chi connectivity index (χ0v) is 14.4. The smallest absolute Gasteiger partial charge is 0.320 e. The van der Waals surface area contributed by atoms with Crippen LogP contribution in [0.3, 0.4) is 0 Å². The van der Waals surface area contributed by atoms with E-state index in [1.807, 2.05) is 12.1 Å². The van der Waals surface area contributed by atoms with E-state index in [1.165, 1.54) is 11.3 Å². The van der Waals surface area contributed by atoms with Crippen molar-refractivity contribution in [3.05, 3.63) is 20.8 Å². The van der Waals surface area contributed by atoms with Gasteiger partial charge in [0.25, 0.3) is 0 Å². The normalized spacial score (nSPS) is 11.2. The average molecular weight is 363 g/mol. The average Bonchev–Trinajstić information content (AvgIpc) is 2.69. The Balaban J connectivity index is 2.83. The molecule has 0 unspecified atom stereocenters. The van der Waals surface area contributed by atoms with Gasteiger partial charge in [-0.25, -0.2) is 0 Å². The molecular weight excluding hydrogens is 344 g/mol. The number of ether oxygens (including phenoxy) is 2. The summed E-state index contributed by atoms with van der Waals surface area (Å²) in [6, 6.07) is 3.77. The lowest BCUT2D eigenvalue weighted by Gasteiger charge is -2.17. The summed E-state index contributed by atoms with van der Waals surface area (Å²) in [6.45, 7) is 7.02. The molecule has 0 aromatic carbocycles. The Morgan fingerprint density at radius 3 is 1.95 bits per heavy atom. The van der Waals surface area contributed by atoms with Gasteiger partial charge in [0.05, 0.1) is 16.0 Å². The third kappa shape index (κ3) is 5.63. The molecule has 6 heteroatoms. The number of thiophene rings is 1. The topological polar surface area (TPSA) is 52.6 Å². The molecule has 0 aliphatic rings. The zero-order chi connectivity index (χ0) is 15.3. The summed E-state index contributed by atoms with van der Waals surface area (Å²) in [7, 11) is 0. The molecule has 4 nitrogen and oxygen atoms in total. The first kappa shape index (κ1) is 17.2. The van der Waals surface area contributed by atoms with Gasteiger partial charge in [-0.3, -0.25) is 9.59 Å². The van der Waals surface area contributed by atoms with Crippen LogP contribution < -0.4 is 0 Å². The van der Waals surface area contributed by atoms with Crippen LogP contribution in [-0.2, 0) is 25.5 Å². The Morgan fingerprint density at radius 2 is 1.60 bits per heavy atom. The van der Waals surface area contributed by atoms with Crippen LogP contribution in [0.25, 0.3) is 0 Å². The van der Waals surface area contributed by atoms with Gasteiger partial charge in [0, 0.05) is 11.3 Å². The van der Waals surface area contributed by atoms with Crippen molar-refractivity contribution in [2.24, 2.45) is 5.92 Å². The van der Waals surface area contributed by atoms with Crippen LogP contribution in [0.2, 0.25) is 0 Å². The SMILES string of the molecule is CC(C)OC(=O)C(Cc1ccc(Br)s1)C(=O)OC(C)C. The maximum absolute atomic E-state index is 12.1. The Kier molecular flexibility index (Phi) is 6.68. The molecule has 0 fully saturated rings. The van der Waals surface area contributed by atoms with Gasteiger partial charge in [0.1, 0.15) is 0 Å². The predicted octanol–water partition coefficient (Wildman–Crippen LogP) is 3.57. The summed E-state index contributed by atoms with van der Waals surface area (Å²) >= 11 is 4.85. The summed E-state index contributed by atoms with van der Waals surface area (Å²) < 4.78 is 11.3. The van der Waals surface area contributed by atoms with Crippen molar-refractivity contribution in [2.45, 2.75) is 46.3 Å². The third-order valence-electron chi connectivity index (χ3n) is 2.31. The Hall–Kier alpha value is -0.880. The molecule has 1 rings (SSSR count). The molecule has 0 spiro atoms. The summed E-state index contributed by atoms with van der Waals surface area (Å²) in [5.74, 6) is -1.98. The molecule has 0 aliphatic carbocycles. The number of rotatable bonds is 6. The molecule has 0 N–H and O–H groups in total. The van der Waals surface area contributed by atoms with Crippen LogP contribution in [0.4, 0.5) is 0 Å². The van der Waals surface area contributed by atoms with Crippen molar-refractivity contribution in [3.63, 3.8) is 0 Å². The standard InChI is InChI=1S/C14H19BrO4S/c1-8(2)18-13(16)11(14(17)19-9(3)4)7-10-5-6-12(15)20-10/h5-6,8-9,11H,7H2,1-4H3. The first-order chi connectivity index (χ1) is 9.29. The molecule has 0 atom stereocenters. The quantitative estimate of drug-likeness (QED) is 0.573. The van der Waals surface area contributed by atoms with Crippen LogP contribution >= 0.6 is 27.3 Å². The third-order valence-corrected chi connectivity index (χ3v) is 3.95. The number of carbonyl (C=O) groups is 2. The highest BCUT2D eigenvalue weighted by Gasteiger charge is 2.31. The lowest BCUT2D eigenvalue weighted by Crippen LogP contribution is -2.32. The largest absolute Gasteiger partial charge is 0.462 e. The second-order valence-electron chi connectivity index (χ2n) is 4.93. The molecule has 0 aliphatic heterocycles. The van der Waals surface area contributed by atoms with E-state index in [-0.39, 0.29) is 12.2 Å². The van der Waals surface area contributed by atoms with Crippen LogP contribution in [0.1, 0.15) is 32.6 Å². The minimum atomic E-state index is -0.912. The zero-order valence-electron chi connectivity index (χ0n) is 12.0. The van der Waals surface area contributed by atoms with Gasteiger partial charge in [0.2, 0.25) is 0 Å². The van der Waals surface area contributed by atoms with Gasteiger partial charge in [0.15, 0.2) is 5.92 Å². The highest BCUT2D eigenvalue weighted by Crippen LogP contribution is 2.25. The Morgan fingerprint density at radius 1 is 1.10 bits per heavy atom. The lowest BCUT2D eigenvalue weighted by atomic mass is 10.0. The number of hydrogen-bond acceptors (Lipinski definition) is 5. The second-order valence-corrected chi connectivity index (χ2v) is 7.48. The van der Waals surface area contributed by atoms with Crippen molar-refractivity contribution in [1.82, 2.24) is 0 Å². The minimum absolute atomic E-state index is 0.257. The van der Waals surface area contributed by atoms with E-state index in [0.717, 1.165) is 8.66 Å². The van der Waals surface area contributed by atoms with Crippen molar-refractivity contribution in [1.29, 1.82) is 0 Å². The van der Waals surface area contributed by atoms with Crippen LogP contribution in [0.5, 0.6) is 0 Å². The van der Waals surface area contributed by atoms with Crippen LogP contribution in [0, 0.1) is 5.92 Å². The van der Waals surface area contributed by atoms with Gasteiger partial charge >= 0.3 is 11.9 Å². The van der Waals surface area contributed by atoms with E-state index in [9.17, 15) is 9.59 Å². The molecule has 1 aromatic heterocycles. The lowest BCUT2D eigenvalue weighted by molar-refractivity contribution is -0.166. The summed E-state index contributed by atoms with van der Waals surface area (Å²) in [4.78, 5) is 25.0. The predicted molar refractivity (Wildman–Crippen MR) is 81.7 cm³/mol. The fourth-order valence-corrected chi connectivity index (χ4v) is 3.08. The molecule has 0 amide bonds. The van der Waals surface area contributed by atoms with E-state index in [4.69, 9.17) is 9.47 Å². The Labute approximate surface area is 131 Å². The van der Waals surface area contributed by atoms with E-state index >= 15 is 0 Å². The van der Waals surface area contributed by atoms with Crippen LogP contribution in [0.15, 0.2) is 15.9 Å². The first-order valence-corrected chi connectivity index (χ1v) is 8.05. The fraction of sp³-hybridized carbons (Fsp3) is 0.571. The number of esters is 2. The van der Waals surface area contributed by atoms with Crippen molar-refractivity contribution >= 4 is 39.2 Å². The van der Waals surface area contributed by atoms with Crippen molar-refractivity contribution in [3.8, 4) is 0 Å². The number of halogens is 1.